The lowest BCUT2D eigenvalue weighted by Crippen LogP contribution is -2.22. The smallest absolute Gasteiger partial charge is 0.192 e. The van der Waals surface area contributed by atoms with Crippen molar-refractivity contribution in [3.05, 3.63) is 59.8 Å². The monoisotopic (exact) mass is 296 g/mol. The topological polar surface area (TPSA) is 77.3 Å². The van der Waals surface area contributed by atoms with E-state index in [1.807, 2.05) is 48.5 Å². The largest absolute Gasteiger partial charge is 0.370 e. The maximum atomic E-state index is 6.19. The fourth-order valence-corrected chi connectivity index (χ4v) is 2.43. The van der Waals surface area contributed by atoms with Crippen molar-refractivity contribution in [2.75, 3.05) is 0 Å². The van der Waals surface area contributed by atoms with Crippen LogP contribution < -0.4 is 11.5 Å². The summed E-state index contributed by atoms with van der Waals surface area (Å²) in [5.41, 5.74) is 13.1. The van der Waals surface area contributed by atoms with Gasteiger partial charge in [0, 0.05) is 17.0 Å². The second-order valence-corrected chi connectivity index (χ2v) is 5.00. The summed E-state index contributed by atoms with van der Waals surface area (Å²) in [6, 6.07) is 16.0. The fourth-order valence-electron chi connectivity index (χ4n) is 2.22. The van der Waals surface area contributed by atoms with Gasteiger partial charge in [0.05, 0.1) is 5.02 Å². The van der Waals surface area contributed by atoms with Gasteiger partial charge in [0.25, 0.3) is 0 Å². The maximum Gasteiger partial charge on any atom is 0.192 e. The molecule has 0 bridgehead atoms. The molecule has 0 amide bonds. The minimum absolute atomic E-state index is 0.0313. The highest BCUT2D eigenvalue weighted by Crippen LogP contribution is 2.33. The molecular formula is C16H13ClN4. The van der Waals surface area contributed by atoms with Crippen molar-refractivity contribution in [1.29, 1.82) is 0 Å². The van der Waals surface area contributed by atoms with Gasteiger partial charge in [0.15, 0.2) is 11.8 Å². The molecule has 0 aliphatic carbocycles. The van der Waals surface area contributed by atoms with Crippen LogP contribution in [0.5, 0.6) is 0 Å². The molecule has 0 saturated carbocycles. The van der Waals surface area contributed by atoms with E-state index in [-0.39, 0.29) is 5.96 Å². The zero-order valence-corrected chi connectivity index (χ0v) is 11.9. The van der Waals surface area contributed by atoms with Crippen LogP contribution in [0.15, 0.2) is 59.7 Å². The molecule has 5 heteroatoms. The van der Waals surface area contributed by atoms with Crippen LogP contribution in [0.1, 0.15) is 0 Å². The van der Waals surface area contributed by atoms with E-state index in [1.165, 1.54) is 0 Å². The average Bonchev–Trinajstić information content (AvgIpc) is 2.50. The molecule has 0 unspecified atom stereocenters. The Morgan fingerprint density at radius 3 is 2.43 bits per heavy atom. The van der Waals surface area contributed by atoms with Gasteiger partial charge in [0.1, 0.15) is 0 Å². The molecule has 1 aromatic heterocycles. The second kappa shape index (κ2) is 5.42. The lowest BCUT2D eigenvalue weighted by atomic mass is 10.0. The van der Waals surface area contributed by atoms with E-state index in [0.717, 1.165) is 21.9 Å². The van der Waals surface area contributed by atoms with Crippen LogP contribution in [0.4, 0.5) is 5.82 Å². The number of aliphatic imine (C=N–C) groups is 1. The third kappa shape index (κ3) is 2.66. The molecule has 3 rings (SSSR count). The zero-order chi connectivity index (χ0) is 14.8. The first-order valence-electron chi connectivity index (χ1n) is 6.38. The molecular weight excluding hydrogens is 284 g/mol. The highest BCUT2D eigenvalue weighted by molar-refractivity contribution is 6.35. The third-order valence-electron chi connectivity index (χ3n) is 3.16. The van der Waals surface area contributed by atoms with Gasteiger partial charge in [-0.05, 0) is 17.2 Å². The molecule has 3 aromatic rings. The summed E-state index contributed by atoms with van der Waals surface area (Å²) < 4.78 is 0. The number of rotatable bonds is 2. The van der Waals surface area contributed by atoms with Crippen LogP contribution in [0.25, 0.3) is 21.9 Å². The van der Waals surface area contributed by atoms with Gasteiger partial charge >= 0.3 is 0 Å². The van der Waals surface area contributed by atoms with Crippen LogP contribution in [0, 0.1) is 0 Å². The normalized spacial score (nSPS) is 10.5. The van der Waals surface area contributed by atoms with Gasteiger partial charge in [-0.15, -0.1) is 0 Å². The van der Waals surface area contributed by atoms with Gasteiger partial charge in [-0.25, -0.2) is 4.98 Å². The van der Waals surface area contributed by atoms with E-state index in [2.05, 4.69) is 9.98 Å². The molecule has 1 heterocycles. The Labute approximate surface area is 127 Å². The van der Waals surface area contributed by atoms with Crippen molar-refractivity contribution < 1.29 is 0 Å². The zero-order valence-electron chi connectivity index (χ0n) is 11.1. The number of nitrogens with zero attached hydrogens (tertiary/aromatic N) is 2. The van der Waals surface area contributed by atoms with Crippen molar-refractivity contribution in [1.82, 2.24) is 4.98 Å². The standard InChI is InChI=1S/C16H13ClN4/c17-14-9-20-15(21-16(18)19)13-8-11(6-7-12(13)14)10-4-2-1-3-5-10/h1-9H,(H4,18,19,20,21). The summed E-state index contributed by atoms with van der Waals surface area (Å²) in [4.78, 5) is 8.27. The predicted octanol–water partition coefficient (Wildman–Crippen LogP) is 3.46. The molecule has 4 N–H and O–H groups in total. The molecule has 0 aliphatic heterocycles. The van der Waals surface area contributed by atoms with Gasteiger partial charge < -0.3 is 11.5 Å². The lowest BCUT2D eigenvalue weighted by Gasteiger charge is -2.07. The van der Waals surface area contributed by atoms with E-state index >= 15 is 0 Å². The number of halogens is 1. The minimum atomic E-state index is -0.0313. The minimum Gasteiger partial charge on any atom is -0.370 e. The average molecular weight is 297 g/mol. The number of fused-ring (bicyclic) bond motifs is 1. The molecule has 0 saturated heterocycles. The number of aromatic nitrogens is 1. The van der Waals surface area contributed by atoms with Crippen LogP contribution in [0.2, 0.25) is 5.02 Å². The molecule has 0 fully saturated rings. The first kappa shape index (κ1) is 13.4. The van der Waals surface area contributed by atoms with E-state index in [4.69, 9.17) is 23.1 Å². The molecule has 2 aromatic carbocycles. The summed E-state index contributed by atoms with van der Waals surface area (Å²) in [6.07, 6.45) is 1.55. The highest BCUT2D eigenvalue weighted by atomic mass is 35.5. The first-order valence-corrected chi connectivity index (χ1v) is 6.76. The molecule has 4 nitrogen and oxygen atoms in total. The van der Waals surface area contributed by atoms with Gasteiger partial charge in [-0.2, -0.15) is 4.99 Å². The van der Waals surface area contributed by atoms with Crippen LogP contribution >= 0.6 is 11.6 Å². The van der Waals surface area contributed by atoms with Gasteiger partial charge in [-0.1, -0.05) is 54.1 Å². The number of pyridine rings is 1. The first-order chi connectivity index (χ1) is 10.1. The second-order valence-electron chi connectivity index (χ2n) is 4.59. The van der Waals surface area contributed by atoms with Gasteiger partial charge in [-0.3, -0.25) is 0 Å². The van der Waals surface area contributed by atoms with E-state index in [0.29, 0.717) is 10.8 Å². The molecule has 0 atom stereocenters. The summed E-state index contributed by atoms with van der Waals surface area (Å²) in [7, 11) is 0. The van der Waals surface area contributed by atoms with Crippen LogP contribution in [-0.4, -0.2) is 10.9 Å². The fraction of sp³-hybridized carbons (Fsp3) is 0. The number of hydrogen-bond acceptors (Lipinski definition) is 2. The van der Waals surface area contributed by atoms with Gasteiger partial charge in [0.2, 0.25) is 0 Å². The number of guanidine groups is 1. The van der Waals surface area contributed by atoms with Crippen LogP contribution in [-0.2, 0) is 0 Å². The number of hydrogen-bond donors (Lipinski definition) is 2. The Kier molecular flexibility index (Phi) is 3.46. The Balaban J connectivity index is 2.26. The number of benzene rings is 2. The third-order valence-corrected chi connectivity index (χ3v) is 3.46. The Morgan fingerprint density at radius 1 is 0.952 bits per heavy atom. The summed E-state index contributed by atoms with van der Waals surface area (Å²) in [5, 5.41) is 2.25. The molecule has 0 spiro atoms. The van der Waals surface area contributed by atoms with E-state index < -0.39 is 0 Å². The van der Waals surface area contributed by atoms with Crippen molar-refractivity contribution >= 4 is 34.2 Å². The molecule has 0 aliphatic rings. The lowest BCUT2D eigenvalue weighted by molar-refractivity contribution is 1.28. The van der Waals surface area contributed by atoms with Crippen molar-refractivity contribution in [2.45, 2.75) is 0 Å². The highest BCUT2D eigenvalue weighted by Gasteiger charge is 2.08. The molecule has 104 valence electrons. The predicted molar refractivity (Wildman–Crippen MR) is 87.7 cm³/mol. The Bertz CT molecular complexity index is 824. The quantitative estimate of drug-likeness (QED) is 0.561. The summed E-state index contributed by atoms with van der Waals surface area (Å²) >= 11 is 6.19. The van der Waals surface area contributed by atoms with Crippen LogP contribution in [0.3, 0.4) is 0 Å². The summed E-state index contributed by atoms with van der Waals surface area (Å²) in [5.74, 6) is 0.434. The van der Waals surface area contributed by atoms with Crippen molar-refractivity contribution in [2.24, 2.45) is 16.5 Å². The summed E-state index contributed by atoms with van der Waals surface area (Å²) in [6.45, 7) is 0. The number of nitrogens with two attached hydrogens (primary N) is 2. The maximum absolute atomic E-state index is 6.19. The van der Waals surface area contributed by atoms with E-state index in [9.17, 15) is 0 Å². The molecule has 0 radical (unpaired) electrons. The SMILES string of the molecule is NC(N)=Nc1ncc(Cl)c2ccc(-c3ccccc3)cc12. The van der Waals surface area contributed by atoms with Crippen molar-refractivity contribution in [3.8, 4) is 11.1 Å². The Morgan fingerprint density at radius 2 is 1.71 bits per heavy atom. The Hall–Kier alpha value is -2.59. The molecule has 21 heavy (non-hydrogen) atoms. The van der Waals surface area contributed by atoms with E-state index in [1.54, 1.807) is 6.20 Å². The van der Waals surface area contributed by atoms with Crippen molar-refractivity contribution in [3.63, 3.8) is 0 Å².